The highest BCUT2D eigenvalue weighted by Gasteiger charge is 2.28. The maximum Gasteiger partial charge on any atom is 0.147 e. The standard InChI is InChI=1S/C19H24N2O/c20-13-11-17(15-7-3-1-4-8-15)19(22)18(12-14-21)16-9-5-2-6-10-16/h1-10,17-18H,11-14,20-21H2. The molecule has 2 atom stereocenters. The Labute approximate surface area is 132 Å². The van der Waals surface area contributed by atoms with Crippen LogP contribution in [0.15, 0.2) is 60.7 Å². The molecular weight excluding hydrogens is 272 g/mol. The Balaban J connectivity index is 2.30. The minimum atomic E-state index is -0.164. The van der Waals surface area contributed by atoms with Crippen molar-refractivity contribution in [3.63, 3.8) is 0 Å². The van der Waals surface area contributed by atoms with Crippen LogP contribution in [0.3, 0.4) is 0 Å². The maximum atomic E-state index is 13.1. The molecule has 4 N–H and O–H groups in total. The van der Waals surface area contributed by atoms with E-state index in [1.165, 1.54) is 0 Å². The minimum Gasteiger partial charge on any atom is -0.330 e. The summed E-state index contributed by atoms with van der Waals surface area (Å²) in [5, 5.41) is 0. The van der Waals surface area contributed by atoms with Gasteiger partial charge in [-0.25, -0.2) is 0 Å². The Morgan fingerprint density at radius 3 is 1.41 bits per heavy atom. The third-order valence-corrected chi connectivity index (χ3v) is 4.00. The largest absolute Gasteiger partial charge is 0.330 e. The van der Waals surface area contributed by atoms with Gasteiger partial charge < -0.3 is 11.5 Å². The van der Waals surface area contributed by atoms with Crippen LogP contribution in [-0.4, -0.2) is 18.9 Å². The highest BCUT2D eigenvalue weighted by atomic mass is 16.1. The molecule has 116 valence electrons. The molecule has 0 aliphatic rings. The van der Waals surface area contributed by atoms with Gasteiger partial charge in [-0.3, -0.25) is 4.79 Å². The van der Waals surface area contributed by atoms with Gasteiger partial charge in [0.05, 0.1) is 0 Å². The van der Waals surface area contributed by atoms with Gasteiger partial charge in [-0.05, 0) is 37.1 Å². The molecule has 0 saturated carbocycles. The quantitative estimate of drug-likeness (QED) is 0.787. The molecule has 0 saturated heterocycles. The molecule has 0 amide bonds. The van der Waals surface area contributed by atoms with Gasteiger partial charge in [-0.2, -0.15) is 0 Å². The molecule has 3 nitrogen and oxygen atoms in total. The molecule has 2 aromatic carbocycles. The second-order valence-corrected chi connectivity index (χ2v) is 5.48. The van der Waals surface area contributed by atoms with Gasteiger partial charge in [0.15, 0.2) is 0 Å². The van der Waals surface area contributed by atoms with Crippen molar-refractivity contribution in [1.82, 2.24) is 0 Å². The highest BCUT2D eigenvalue weighted by molar-refractivity contribution is 5.91. The summed E-state index contributed by atoms with van der Waals surface area (Å²) < 4.78 is 0. The van der Waals surface area contributed by atoms with Crippen molar-refractivity contribution < 1.29 is 4.79 Å². The first kappa shape index (κ1) is 16.4. The molecule has 2 aromatic rings. The van der Waals surface area contributed by atoms with E-state index in [0.29, 0.717) is 25.9 Å². The number of carbonyl (C=O) groups excluding carboxylic acids is 1. The normalized spacial score (nSPS) is 13.5. The van der Waals surface area contributed by atoms with E-state index < -0.39 is 0 Å². The van der Waals surface area contributed by atoms with E-state index in [1.54, 1.807) is 0 Å². The zero-order valence-corrected chi connectivity index (χ0v) is 12.8. The first-order valence-corrected chi connectivity index (χ1v) is 7.81. The van der Waals surface area contributed by atoms with Crippen molar-refractivity contribution >= 4 is 5.78 Å². The molecule has 0 fully saturated rings. The van der Waals surface area contributed by atoms with Crippen LogP contribution in [0, 0.1) is 0 Å². The topological polar surface area (TPSA) is 69.1 Å². The number of rotatable bonds is 8. The van der Waals surface area contributed by atoms with E-state index >= 15 is 0 Å². The summed E-state index contributed by atoms with van der Waals surface area (Å²) in [6, 6.07) is 19.8. The lowest BCUT2D eigenvalue weighted by Crippen LogP contribution is -2.25. The third kappa shape index (κ3) is 4.03. The SMILES string of the molecule is NCCC(C(=O)C(CCN)c1ccccc1)c1ccccc1. The predicted molar refractivity (Wildman–Crippen MR) is 90.7 cm³/mol. The van der Waals surface area contributed by atoms with Gasteiger partial charge in [0.1, 0.15) is 5.78 Å². The molecule has 0 radical (unpaired) electrons. The number of ketones is 1. The molecule has 0 aromatic heterocycles. The van der Waals surface area contributed by atoms with Crippen LogP contribution >= 0.6 is 0 Å². The Morgan fingerprint density at radius 1 is 0.727 bits per heavy atom. The fraction of sp³-hybridized carbons (Fsp3) is 0.316. The van der Waals surface area contributed by atoms with E-state index in [0.717, 1.165) is 11.1 Å². The monoisotopic (exact) mass is 296 g/mol. The molecule has 2 unspecified atom stereocenters. The van der Waals surface area contributed by atoms with Crippen molar-refractivity contribution in [2.45, 2.75) is 24.7 Å². The smallest absolute Gasteiger partial charge is 0.147 e. The number of benzene rings is 2. The van der Waals surface area contributed by atoms with Crippen molar-refractivity contribution in [2.75, 3.05) is 13.1 Å². The van der Waals surface area contributed by atoms with Crippen LogP contribution in [0.25, 0.3) is 0 Å². The Kier molecular flexibility index (Phi) is 6.31. The molecule has 0 bridgehead atoms. The van der Waals surface area contributed by atoms with E-state index in [2.05, 4.69) is 0 Å². The van der Waals surface area contributed by atoms with Gasteiger partial charge in [-0.1, -0.05) is 60.7 Å². The summed E-state index contributed by atoms with van der Waals surface area (Å²) in [5.41, 5.74) is 13.6. The van der Waals surface area contributed by atoms with Crippen molar-refractivity contribution in [2.24, 2.45) is 11.5 Å². The summed E-state index contributed by atoms with van der Waals surface area (Å²) in [6.07, 6.45) is 1.33. The van der Waals surface area contributed by atoms with Gasteiger partial charge in [0.2, 0.25) is 0 Å². The third-order valence-electron chi connectivity index (χ3n) is 4.00. The number of nitrogens with two attached hydrogens (primary N) is 2. The lowest BCUT2D eigenvalue weighted by molar-refractivity contribution is -0.122. The van der Waals surface area contributed by atoms with E-state index in [-0.39, 0.29) is 17.6 Å². The highest BCUT2D eigenvalue weighted by Crippen LogP contribution is 2.30. The van der Waals surface area contributed by atoms with Gasteiger partial charge in [0, 0.05) is 11.8 Å². The van der Waals surface area contributed by atoms with E-state index in [1.807, 2.05) is 60.7 Å². The molecule has 0 heterocycles. The van der Waals surface area contributed by atoms with Crippen LogP contribution < -0.4 is 11.5 Å². The summed E-state index contributed by atoms with van der Waals surface area (Å²) in [7, 11) is 0. The van der Waals surface area contributed by atoms with Crippen LogP contribution in [-0.2, 0) is 4.79 Å². The van der Waals surface area contributed by atoms with Crippen molar-refractivity contribution in [1.29, 1.82) is 0 Å². The fourth-order valence-corrected chi connectivity index (χ4v) is 2.89. The first-order valence-electron chi connectivity index (χ1n) is 7.81. The summed E-state index contributed by atoms with van der Waals surface area (Å²) >= 11 is 0. The fourth-order valence-electron chi connectivity index (χ4n) is 2.89. The van der Waals surface area contributed by atoms with Crippen LogP contribution in [0.4, 0.5) is 0 Å². The van der Waals surface area contributed by atoms with Crippen LogP contribution in [0.5, 0.6) is 0 Å². The minimum absolute atomic E-state index is 0.164. The van der Waals surface area contributed by atoms with Crippen molar-refractivity contribution in [3.05, 3.63) is 71.8 Å². The number of Topliss-reactive ketones (excluding diaryl/α,β-unsaturated/α-hetero) is 1. The molecule has 0 aliphatic heterocycles. The average molecular weight is 296 g/mol. The second kappa shape index (κ2) is 8.47. The Bertz CT molecular complexity index is 517. The van der Waals surface area contributed by atoms with Gasteiger partial charge >= 0.3 is 0 Å². The molecule has 0 spiro atoms. The van der Waals surface area contributed by atoms with E-state index in [4.69, 9.17) is 11.5 Å². The van der Waals surface area contributed by atoms with E-state index in [9.17, 15) is 4.79 Å². The summed E-state index contributed by atoms with van der Waals surface area (Å²) in [5.74, 6) is -0.112. The first-order chi connectivity index (χ1) is 10.8. The summed E-state index contributed by atoms with van der Waals surface area (Å²) in [6.45, 7) is 0.991. The van der Waals surface area contributed by atoms with Gasteiger partial charge in [0.25, 0.3) is 0 Å². The molecule has 0 aliphatic carbocycles. The lowest BCUT2D eigenvalue weighted by Gasteiger charge is -2.23. The Morgan fingerprint density at radius 2 is 1.09 bits per heavy atom. The number of hydrogen-bond donors (Lipinski definition) is 2. The molecule has 3 heteroatoms. The maximum absolute atomic E-state index is 13.1. The lowest BCUT2D eigenvalue weighted by atomic mass is 9.80. The number of carbonyl (C=O) groups is 1. The van der Waals surface area contributed by atoms with Gasteiger partial charge in [-0.15, -0.1) is 0 Å². The van der Waals surface area contributed by atoms with Crippen LogP contribution in [0.1, 0.15) is 35.8 Å². The van der Waals surface area contributed by atoms with Crippen molar-refractivity contribution in [3.8, 4) is 0 Å². The molecule has 22 heavy (non-hydrogen) atoms. The van der Waals surface area contributed by atoms with Crippen LogP contribution in [0.2, 0.25) is 0 Å². The average Bonchev–Trinajstić information content (AvgIpc) is 2.58. The number of hydrogen-bond acceptors (Lipinski definition) is 3. The second-order valence-electron chi connectivity index (χ2n) is 5.48. The zero-order chi connectivity index (χ0) is 15.8. The molecule has 2 rings (SSSR count). The Hall–Kier alpha value is -1.97. The summed E-state index contributed by atoms with van der Waals surface area (Å²) in [4.78, 5) is 13.1. The zero-order valence-electron chi connectivity index (χ0n) is 12.8. The predicted octanol–water partition coefficient (Wildman–Crippen LogP) is 2.82. The molecular formula is C19H24N2O.